The van der Waals surface area contributed by atoms with Crippen molar-refractivity contribution in [3.63, 3.8) is 0 Å². The maximum atomic E-state index is 12.7. The van der Waals surface area contributed by atoms with Crippen LogP contribution in [0.15, 0.2) is 40.9 Å². The van der Waals surface area contributed by atoms with Crippen LogP contribution in [0, 0.1) is 6.92 Å². The Hall–Kier alpha value is -2.22. The topological polar surface area (TPSA) is 41.6 Å². The number of fused-ring (bicyclic) bond motifs is 5. The van der Waals surface area contributed by atoms with Crippen LogP contribution < -0.4 is 15.0 Å². The average Bonchev–Trinajstić information content (AvgIpc) is 2.75. The second-order valence-corrected chi connectivity index (χ2v) is 8.02. The molecule has 2 heterocycles. The van der Waals surface area contributed by atoms with E-state index in [1.807, 2.05) is 43.3 Å². The van der Waals surface area contributed by atoms with E-state index in [-0.39, 0.29) is 6.04 Å². The number of halogens is 4. The first-order valence-electron chi connectivity index (χ1n) is 8.95. The number of rotatable bonds is 1. The van der Waals surface area contributed by atoms with Crippen molar-refractivity contribution in [3.05, 3.63) is 52.0 Å². The van der Waals surface area contributed by atoms with Crippen molar-refractivity contribution in [1.29, 1.82) is 0 Å². The van der Waals surface area contributed by atoms with Crippen molar-refractivity contribution >= 4 is 27.5 Å². The monoisotopic (exact) mass is 454 g/mol. The summed E-state index contributed by atoms with van der Waals surface area (Å²) in [5.74, 6) is -0.499. The van der Waals surface area contributed by atoms with Crippen molar-refractivity contribution in [3.8, 4) is 11.5 Å². The molecule has 1 amide bonds. The second-order valence-electron chi connectivity index (χ2n) is 7.10. The van der Waals surface area contributed by atoms with Crippen LogP contribution in [0.25, 0.3) is 0 Å². The predicted octanol–water partition coefficient (Wildman–Crippen LogP) is 5.25. The summed E-state index contributed by atoms with van der Waals surface area (Å²) in [6.07, 6.45) is -4.08. The smallest absolute Gasteiger partial charge is 0.455 e. The Morgan fingerprint density at radius 2 is 2.04 bits per heavy atom. The number of nitrogens with one attached hydrogen (secondary N) is 1. The highest BCUT2D eigenvalue weighted by atomic mass is 79.9. The molecule has 4 nitrogen and oxygen atoms in total. The molecule has 0 saturated carbocycles. The van der Waals surface area contributed by atoms with E-state index in [1.165, 1.54) is 0 Å². The Morgan fingerprint density at radius 3 is 2.79 bits per heavy atom. The zero-order valence-corrected chi connectivity index (χ0v) is 16.6. The molecule has 148 valence electrons. The summed E-state index contributed by atoms with van der Waals surface area (Å²) in [5, 5.41) is 2.16. The highest BCUT2D eigenvalue weighted by Gasteiger charge is 2.42. The van der Waals surface area contributed by atoms with Gasteiger partial charge in [-0.3, -0.25) is 4.79 Å². The van der Waals surface area contributed by atoms with Crippen molar-refractivity contribution < 1.29 is 22.7 Å². The number of hydrogen-bond donors (Lipinski definition) is 1. The molecule has 1 N–H and O–H groups in total. The van der Waals surface area contributed by atoms with Gasteiger partial charge < -0.3 is 15.0 Å². The molecule has 0 aromatic heterocycles. The van der Waals surface area contributed by atoms with Crippen LogP contribution in [-0.2, 0) is 4.79 Å². The standard InChI is InChI=1S/C20H18BrF3N2O2/c1-11-3-2-4-16-18(11)15-10-13(25-19(27)20(22,23)24)7-8-26(15)14-6-5-12(21)9-17(14)28-16/h2-6,9,13,15H,7-8,10H2,1H3,(H,25,27)/t13-,15-/m0/s1. The summed E-state index contributed by atoms with van der Waals surface area (Å²) in [7, 11) is 0. The Morgan fingerprint density at radius 1 is 1.25 bits per heavy atom. The highest BCUT2D eigenvalue weighted by molar-refractivity contribution is 9.10. The number of hydrogen-bond acceptors (Lipinski definition) is 3. The van der Waals surface area contributed by atoms with Gasteiger partial charge in [0.1, 0.15) is 5.75 Å². The molecule has 2 aromatic carbocycles. The Labute approximate surface area is 168 Å². The van der Waals surface area contributed by atoms with Gasteiger partial charge in [0.05, 0.1) is 11.7 Å². The normalized spacial score (nSPS) is 21.0. The van der Waals surface area contributed by atoms with Crippen LogP contribution in [0.2, 0.25) is 0 Å². The molecule has 0 bridgehead atoms. The fraction of sp³-hybridized carbons (Fsp3) is 0.350. The summed E-state index contributed by atoms with van der Waals surface area (Å²) in [6.45, 7) is 2.48. The number of carbonyl (C=O) groups excluding carboxylic acids is 1. The Kier molecular flexibility index (Phi) is 4.77. The molecular formula is C20H18BrF3N2O2. The fourth-order valence-electron chi connectivity index (χ4n) is 4.02. The zero-order chi connectivity index (χ0) is 20.1. The number of anilines is 1. The quantitative estimate of drug-likeness (QED) is 0.639. The van der Waals surface area contributed by atoms with E-state index in [2.05, 4.69) is 26.1 Å². The number of alkyl halides is 3. The van der Waals surface area contributed by atoms with Gasteiger partial charge >= 0.3 is 12.1 Å². The maximum absolute atomic E-state index is 12.7. The molecule has 0 radical (unpaired) electrons. The van der Waals surface area contributed by atoms with Crippen LogP contribution in [0.3, 0.4) is 0 Å². The number of aryl methyl sites for hydroxylation is 1. The van der Waals surface area contributed by atoms with E-state index in [4.69, 9.17) is 4.74 Å². The van der Waals surface area contributed by atoms with Crippen molar-refractivity contribution in [1.82, 2.24) is 5.32 Å². The molecule has 0 unspecified atom stereocenters. The van der Waals surface area contributed by atoms with Gasteiger partial charge in [0.25, 0.3) is 0 Å². The van der Waals surface area contributed by atoms with Crippen LogP contribution in [0.1, 0.15) is 30.0 Å². The fourth-order valence-corrected chi connectivity index (χ4v) is 4.36. The highest BCUT2D eigenvalue weighted by Crippen LogP contribution is 2.49. The van der Waals surface area contributed by atoms with Crippen LogP contribution in [-0.4, -0.2) is 24.7 Å². The number of amides is 1. The van der Waals surface area contributed by atoms with Crippen molar-refractivity contribution in [2.24, 2.45) is 0 Å². The van der Waals surface area contributed by atoms with Gasteiger partial charge in [-0.1, -0.05) is 28.1 Å². The minimum Gasteiger partial charge on any atom is -0.455 e. The van der Waals surface area contributed by atoms with E-state index in [1.54, 1.807) is 0 Å². The second kappa shape index (κ2) is 6.99. The lowest BCUT2D eigenvalue weighted by atomic mass is 9.88. The molecule has 2 aromatic rings. The molecule has 2 aliphatic heterocycles. The molecule has 1 fully saturated rings. The van der Waals surface area contributed by atoms with Crippen LogP contribution >= 0.6 is 15.9 Å². The van der Waals surface area contributed by atoms with Crippen LogP contribution in [0.5, 0.6) is 11.5 Å². The summed E-state index contributed by atoms with van der Waals surface area (Å²) in [4.78, 5) is 13.6. The van der Waals surface area contributed by atoms with Crippen molar-refractivity contribution in [2.45, 2.75) is 38.0 Å². The summed E-state index contributed by atoms with van der Waals surface area (Å²) in [5.41, 5.74) is 2.84. The zero-order valence-electron chi connectivity index (χ0n) is 15.0. The molecule has 4 rings (SSSR count). The lowest BCUT2D eigenvalue weighted by Crippen LogP contribution is -2.49. The van der Waals surface area contributed by atoms with Gasteiger partial charge in [-0.05, 0) is 49.6 Å². The summed E-state index contributed by atoms with van der Waals surface area (Å²) >= 11 is 3.46. The number of nitrogens with zero attached hydrogens (tertiary/aromatic N) is 1. The van der Waals surface area contributed by atoms with Crippen molar-refractivity contribution in [2.75, 3.05) is 11.4 Å². The molecule has 28 heavy (non-hydrogen) atoms. The van der Waals surface area contributed by atoms with E-state index in [0.29, 0.717) is 30.9 Å². The first kappa shape index (κ1) is 19.1. The number of piperidine rings is 1. The number of benzene rings is 2. The number of carbonyl (C=O) groups is 1. The van der Waals surface area contributed by atoms with Gasteiger partial charge in [-0.15, -0.1) is 0 Å². The predicted molar refractivity (Wildman–Crippen MR) is 103 cm³/mol. The average molecular weight is 455 g/mol. The molecule has 2 atom stereocenters. The summed E-state index contributed by atoms with van der Waals surface area (Å²) in [6, 6.07) is 10.7. The first-order chi connectivity index (χ1) is 13.2. The largest absolute Gasteiger partial charge is 0.471 e. The lowest BCUT2D eigenvalue weighted by molar-refractivity contribution is -0.174. The third-order valence-electron chi connectivity index (χ3n) is 5.26. The molecule has 2 aliphatic rings. The molecule has 0 spiro atoms. The van der Waals surface area contributed by atoms with Crippen LogP contribution in [0.4, 0.5) is 18.9 Å². The van der Waals surface area contributed by atoms with E-state index < -0.39 is 18.1 Å². The number of ether oxygens (including phenoxy) is 1. The van der Waals surface area contributed by atoms with E-state index in [9.17, 15) is 18.0 Å². The Balaban J connectivity index is 1.73. The van der Waals surface area contributed by atoms with Gasteiger partial charge in [0.2, 0.25) is 0 Å². The lowest BCUT2D eigenvalue weighted by Gasteiger charge is -2.41. The minimum atomic E-state index is -4.88. The molecular weight excluding hydrogens is 437 g/mol. The van der Waals surface area contributed by atoms with E-state index in [0.717, 1.165) is 21.3 Å². The van der Waals surface area contributed by atoms with Gasteiger partial charge in [0, 0.05) is 22.6 Å². The third-order valence-corrected chi connectivity index (χ3v) is 5.76. The maximum Gasteiger partial charge on any atom is 0.471 e. The molecule has 0 aliphatic carbocycles. The Bertz CT molecular complexity index is 932. The molecule has 8 heteroatoms. The third kappa shape index (κ3) is 3.45. The van der Waals surface area contributed by atoms with Gasteiger partial charge in [-0.2, -0.15) is 13.2 Å². The van der Waals surface area contributed by atoms with Gasteiger partial charge in [-0.25, -0.2) is 0 Å². The molecule has 1 saturated heterocycles. The van der Waals surface area contributed by atoms with E-state index >= 15 is 0 Å². The van der Waals surface area contributed by atoms with Gasteiger partial charge in [0.15, 0.2) is 5.75 Å². The summed E-state index contributed by atoms with van der Waals surface area (Å²) < 4.78 is 45.1. The SMILES string of the molecule is Cc1cccc2c1[C@@H]1C[C@@H](NC(=O)C(F)(F)F)CCN1c1ccc(Br)cc1O2. The first-order valence-corrected chi connectivity index (χ1v) is 9.74. The minimum absolute atomic E-state index is 0.189.